The molecule has 0 aliphatic heterocycles. The van der Waals surface area contributed by atoms with Gasteiger partial charge in [-0.15, -0.1) is 0 Å². The molecule has 3 rings (SSSR count). The average Bonchev–Trinajstić information content (AvgIpc) is 2.38. The molecule has 11 heavy (non-hydrogen) atoms. The molecule has 0 N–H and O–H groups in total. The molecule has 0 saturated heterocycles. The lowest BCUT2D eigenvalue weighted by Crippen LogP contribution is -2.30. The summed E-state index contributed by atoms with van der Waals surface area (Å²) < 4.78 is 0. The van der Waals surface area contributed by atoms with Gasteiger partial charge in [-0.3, -0.25) is 0 Å². The van der Waals surface area contributed by atoms with Crippen molar-refractivity contribution in [1.82, 2.24) is 0 Å². The third kappa shape index (κ3) is 0.981. The lowest BCUT2D eigenvalue weighted by atomic mass is 9.47. The van der Waals surface area contributed by atoms with Crippen molar-refractivity contribution in [2.24, 2.45) is 23.7 Å². The Morgan fingerprint density at radius 1 is 1.27 bits per heavy atom. The summed E-state index contributed by atoms with van der Waals surface area (Å²) in [5.74, 6) is 3.25. The second-order valence-electron chi connectivity index (χ2n) is 4.73. The summed E-state index contributed by atoms with van der Waals surface area (Å²) in [5, 5.41) is -0.426. The van der Waals surface area contributed by atoms with E-state index < -0.39 is 5.21 Å². The van der Waals surface area contributed by atoms with Gasteiger partial charge in [-0.25, -0.2) is 0 Å². The first kappa shape index (κ1) is 7.76. The van der Waals surface area contributed by atoms with E-state index in [9.17, 15) is 0 Å². The minimum Gasteiger partial charge on any atom is -0.0987 e. The first-order chi connectivity index (χ1) is 5.00. The fraction of sp³-hybridized carbons (Fsp3) is 1.00. The van der Waals surface area contributed by atoms with E-state index in [0.29, 0.717) is 5.92 Å². The second kappa shape index (κ2) is 2.08. The van der Waals surface area contributed by atoms with Gasteiger partial charge in [0.25, 0.3) is 0 Å². The van der Waals surface area contributed by atoms with E-state index in [0.717, 1.165) is 17.8 Å². The molecule has 0 aromatic carbocycles. The normalized spacial score (nSPS) is 48.9. The zero-order valence-electron chi connectivity index (χ0n) is 7.38. The van der Waals surface area contributed by atoms with Gasteiger partial charge in [0.15, 0.2) is 0 Å². The second-order valence-corrected chi connectivity index (χ2v) is 4.73. The van der Waals surface area contributed by atoms with Crippen LogP contribution in [0.2, 0.25) is 5.21 Å². The first-order valence-electron chi connectivity index (χ1n) is 4.58. The quantitative estimate of drug-likeness (QED) is 0.491. The van der Waals surface area contributed by atoms with Gasteiger partial charge >= 0.3 is 0 Å². The lowest BCUT2D eigenvalue weighted by Gasteiger charge is -2.38. The molecule has 3 saturated carbocycles. The standard InChI is InChI=1S/C9H14B2/c1-5-6-3-7(5)8(4-6)9(2,10)11/h5-8H,3-4H2,1-2H3. The van der Waals surface area contributed by atoms with Crippen molar-refractivity contribution in [2.45, 2.75) is 31.9 Å². The van der Waals surface area contributed by atoms with Crippen molar-refractivity contribution in [3.8, 4) is 0 Å². The molecule has 2 heteroatoms. The maximum atomic E-state index is 5.90. The van der Waals surface area contributed by atoms with Crippen LogP contribution in [0.3, 0.4) is 0 Å². The van der Waals surface area contributed by atoms with Crippen LogP contribution in [0.5, 0.6) is 0 Å². The Morgan fingerprint density at radius 2 is 1.91 bits per heavy atom. The van der Waals surface area contributed by atoms with E-state index in [1.165, 1.54) is 12.8 Å². The highest BCUT2D eigenvalue weighted by atomic mass is 14.6. The largest absolute Gasteiger partial charge is 0.0987 e. The molecular weight excluding hydrogens is 130 g/mol. The smallest absolute Gasteiger partial charge is 0.0620 e. The highest BCUT2D eigenvalue weighted by molar-refractivity contribution is 6.39. The van der Waals surface area contributed by atoms with Crippen molar-refractivity contribution in [1.29, 1.82) is 0 Å². The summed E-state index contributed by atoms with van der Waals surface area (Å²) in [6.07, 6.45) is 2.66. The summed E-state index contributed by atoms with van der Waals surface area (Å²) in [5.41, 5.74) is 0. The molecule has 0 nitrogen and oxygen atoms in total. The molecule has 0 aromatic heterocycles. The Bertz CT molecular complexity index is 171. The van der Waals surface area contributed by atoms with Crippen LogP contribution in [0.1, 0.15) is 26.7 Å². The summed E-state index contributed by atoms with van der Waals surface area (Å²) in [4.78, 5) is 0. The van der Waals surface area contributed by atoms with Gasteiger partial charge in [-0.1, -0.05) is 19.1 Å². The predicted molar refractivity (Wildman–Crippen MR) is 48.7 cm³/mol. The third-order valence-corrected chi connectivity index (χ3v) is 3.87. The average molecular weight is 144 g/mol. The summed E-state index contributed by atoms with van der Waals surface area (Å²) in [6, 6.07) is 0. The van der Waals surface area contributed by atoms with Crippen LogP contribution in [0.25, 0.3) is 0 Å². The highest BCUT2D eigenvalue weighted by Crippen LogP contribution is 2.61. The van der Waals surface area contributed by atoms with Gasteiger partial charge in [-0.2, -0.15) is 0 Å². The Hall–Kier alpha value is 0.130. The lowest BCUT2D eigenvalue weighted by molar-refractivity contribution is 0.155. The van der Waals surface area contributed by atoms with E-state index in [4.69, 9.17) is 15.7 Å². The molecule has 4 radical (unpaired) electrons. The molecule has 3 aliphatic carbocycles. The topological polar surface area (TPSA) is 0 Å². The molecule has 4 atom stereocenters. The number of rotatable bonds is 1. The zero-order chi connectivity index (χ0) is 8.22. The molecular formula is C9H14B2. The third-order valence-electron chi connectivity index (χ3n) is 3.87. The van der Waals surface area contributed by atoms with Crippen LogP contribution in [-0.2, 0) is 0 Å². The van der Waals surface area contributed by atoms with Crippen LogP contribution >= 0.6 is 0 Å². The number of hydrogen-bond acceptors (Lipinski definition) is 0. The van der Waals surface area contributed by atoms with Crippen LogP contribution in [0.4, 0.5) is 0 Å². The van der Waals surface area contributed by atoms with E-state index in [-0.39, 0.29) is 0 Å². The predicted octanol–water partition coefficient (Wildman–Crippen LogP) is 1.75. The number of fused-ring (bicyclic) bond motifs is 1. The molecule has 0 aromatic rings. The Labute approximate surface area is 72.0 Å². The monoisotopic (exact) mass is 144 g/mol. The Balaban J connectivity index is 2.10. The minimum absolute atomic E-state index is 0.426. The summed E-state index contributed by atoms with van der Waals surface area (Å²) in [7, 11) is 11.8. The Morgan fingerprint density at radius 3 is 2.09 bits per heavy atom. The SMILES string of the molecule is [B]C([B])(C)C1CC2CC1C2C. The van der Waals surface area contributed by atoms with Crippen molar-refractivity contribution < 1.29 is 0 Å². The van der Waals surface area contributed by atoms with Crippen LogP contribution < -0.4 is 0 Å². The molecule has 56 valence electrons. The fourth-order valence-electron chi connectivity index (χ4n) is 2.99. The first-order valence-corrected chi connectivity index (χ1v) is 4.58. The van der Waals surface area contributed by atoms with Gasteiger partial charge in [0, 0.05) is 0 Å². The van der Waals surface area contributed by atoms with E-state index in [1.807, 2.05) is 6.92 Å². The van der Waals surface area contributed by atoms with Crippen molar-refractivity contribution in [2.75, 3.05) is 0 Å². The molecule has 4 unspecified atom stereocenters. The van der Waals surface area contributed by atoms with Crippen molar-refractivity contribution in [3.63, 3.8) is 0 Å². The zero-order valence-corrected chi connectivity index (χ0v) is 7.38. The fourth-order valence-corrected chi connectivity index (χ4v) is 2.99. The molecule has 0 amide bonds. The molecule has 0 spiro atoms. The van der Waals surface area contributed by atoms with E-state index >= 15 is 0 Å². The maximum Gasteiger partial charge on any atom is 0.0620 e. The van der Waals surface area contributed by atoms with Gasteiger partial charge < -0.3 is 0 Å². The summed E-state index contributed by atoms with van der Waals surface area (Å²) >= 11 is 0. The van der Waals surface area contributed by atoms with Crippen molar-refractivity contribution in [3.05, 3.63) is 0 Å². The van der Waals surface area contributed by atoms with Gasteiger partial charge in [-0.05, 0) is 36.5 Å². The maximum absolute atomic E-state index is 5.90. The minimum atomic E-state index is -0.426. The molecule has 2 bridgehead atoms. The molecule has 3 aliphatic rings. The van der Waals surface area contributed by atoms with Gasteiger partial charge in [0.2, 0.25) is 0 Å². The highest BCUT2D eigenvalue weighted by Gasteiger charge is 2.52. The van der Waals surface area contributed by atoms with Crippen molar-refractivity contribution >= 4 is 15.7 Å². The molecule has 3 fully saturated rings. The Kier molecular flexibility index (Phi) is 1.47. The van der Waals surface area contributed by atoms with E-state index in [2.05, 4.69) is 6.92 Å². The number of hydrogen-bond donors (Lipinski definition) is 0. The molecule has 0 heterocycles. The van der Waals surface area contributed by atoms with Crippen LogP contribution in [-0.4, -0.2) is 15.7 Å². The van der Waals surface area contributed by atoms with Gasteiger partial charge in [0.05, 0.1) is 15.7 Å². The van der Waals surface area contributed by atoms with E-state index in [1.54, 1.807) is 0 Å². The van der Waals surface area contributed by atoms with Gasteiger partial charge in [0.1, 0.15) is 0 Å². The van der Waals surface area contributed by atoms with Crippen LogP contribution in [0, 0.1) is 23.7 Å². The van der Waals surface area contributed by atoms with Crippen LogP contribution in [0.15, 0.2) is 0 Å². The summed E-state index contributed by atoms with van der Waals surface area (Å²) in [6.45, 7) is 4.30.